The Hall–Kier alpha value is -1.81. The highest BCUT2D eigenvalue weighted by atomic mass is 16.5. The molecule has 0 aromatic heterocycles. The van der Waals surface area contributed by atoms with Crippen molar-refractivity contribution in [3.8, 4) is 0 Å². The molecule has 1 aliphatic heterocycles. The van der Waals surface area contributed by atoms with Gasteiger partial charge >= 0.3 is 0 Å². The fourth-order valence-corrected chi connectivity index (χ4v) is 5.23. The predicted octanol–water partition coefficient (Wildman–Crippen LogP) is 4.78. The first-order valence-electron chi connectivity index (χ1n) is 10.3. The van der Waals surface area contributed by atoms with E-state index < -0.39 is 5.72 Å². The second-order valence-electron chi connectivity index (χ2n) is 8.71. The third-order valence-electron chi connectivity index (χ3n) is 6.86. The molecule has 0 radical (unpaired) electrons. The van der Waals surface area contributed by atoms with Crippen LogP contribution in [0.15, 0.2) is 35.0 Å². The molecule has 146 valence electrons. The van der Waals surface area contributed by atoms with E-state index in [9.17, 15) is 0 Å². The van der Waals surface area contributed by atoms with Crippen molar-refractivity contribution >= 4 is 5.84 Å². The number of aliphatic imine (C=N–C) groups is 1. The maximum Gasteiger partial charge on any atom is 0.233 e. The van der Waals surface area contributed by atoms with Gasteiger partial charge in [-0.1, -0.05) is 32.9 Å². The maximum atomic E-state index is 6.73. The van der Waals surface area contributed by atoms with Gasteiger partial charge in [0.25, 0.3) is 0 Å². The molecule has 1 unspecified atom stereocenters. The van der Waals surface area contributed by atoms with Gasteiger partial charge in [-0.3, -0.25) is 0 Å². The van der Waals surface area contributed by atoms with Gasteiger partial charge < -0.3 is 15.2 Å². The van der Waals surface area contributed by atoms with E-state index in [0.29, 0.717) is 17.9 Å². The molecule has 1 fully saturated rings. The quantitative estimate of drug-likeness (QED) is 0.835. The lowest BCUT2D eigenvalue weighted by Crippen LogP contribution is -2.49. The molecule has 1 atom stereocenters. The van der Waals surface area contributed by atoms with E-state index >= 15 is 0 Å². The monoisotopic (exact) mass is 368 g/mol. The Morgan fingerprint density at radius 2 is 2.04 bits per heavy atom. The Morgan fingerprint density at radius 1 is 1.30 bits per heavy atom. The normalized spacial score (nSPS) is 32.4. The van der Waals surface area contributed by atoms with Gasteiger partial charge in [0, 0.05) is 30.6 Å². The number of amidine groups is 1. The largest absolute Gasteiger partial charge is 0.465 e. The van der Waals surface area contributed by atoms with E-state index in [1.165, 1.54) is 16.7 Å². The molecule has 27 heavy (non-hydrogen) atoms. The lowest BCUT2D eigenvalue weighted by Gasteiger charge is -2.48. The predicted molar refractivity (Wildman–Crippen MR) is 109 cm³/mol. The fraction of sp³-hybridized carbons (Fsp3) is 0.609. The molecule has 4 nitrogen and oxygen atoms in total. The highest BCUT2D eigenvalue weighted by Gasteiger charge is 2.62. The van der Waals surface area contributed by atoms with Gasteiger partial charge in [0.05, 0.1) is 6.10 Å². The van der Waals surface area contributed by atoms with Gasteiger partial charge in [-0.05, 0) is 55.2 Å². The van der Waals surface area contributed by atoms with Crippen molar-refractivity contribution in [2.75, 3.05) is 7.11 Å². The zero-order chi connectivity index (χ0) is 19.2. The summed E-state index contributed by atoms with van der Waals surface area (Å²) in [5.74, 6) is 2.01. The van der Waals surface area contributed by atoms with E-state index in [-0.39, 0.29) is 5.41 Å². The van der Waals surface area contributed by atoms with Gasteiger partial charge in [0.1, 0.15) is 11.6 Å². The topological polar surface area (TPSA) is 56.8 Å². The molecule has 0 saturated heterocycles. The third-order valence-corrected chi connectivity index (χ3v) is 6.86. The summed E-state index contributed by atoms with van der Waals surface area (Å²) in [6.07, 6.45) is 8.26. The number of hydrogen-bond acceptors (Lipinski definition) is 4. The van der Waals surface area contributed by atoms with Gasteiger partial charge in [-0.2, -0.15) is 0 Å². The van der Waals surface area contributed by atoms with Crippen LogP contribution in [0.1, 0.15) is 75.5 Å². The summed E-state index contributed by atoms with van der Waals surface area (Å²) in [5, 5.41) is 0. The zero-order valence-corrected chi connectivity index (χ0v) is 17.0. The smallest absolute Gasteiger partial charge is 0.233 e. The van der Waals surface area contributed by atoms with Crippen LogP contribution in [0.5, 0.6) is 0 Å². The van der Waals surface area contributed by atoms with Crippen LogP contribution >= 0.6 is 0 Å². The summed E-state index contributed by atoms with van der Waals surface area (Å²) in [5.41, 5.74) is 9.52. The summed E-state index contributed by atoms with van der Waals surface area (Å²) in [6.45, 7) is 6.59. The maximum absolute atomic E-state index is 6.73. The number of rotatable bonds is 3. The molecule has 2 N–H and O–H groups in total. The van der Waals surface area contributed by atoms with Crippen molar-refractivity contribution in [2.24, 2.45) is 16.1 Å². The van der Waals surface area contributed by atoms with E-state index in [4.69, 9.17) is 20.2 Å². The van der Waals surface area contributed by atoms with Crippen LogP contribution in [0, 0.1) is 5.41 Å². The van der Waals surface area contributed by atoms with E-state index in [2.05, 4.69) is 39.0 Å². The van der Waals surface area contributed by atoms with Crippen molar-refractivity contribution in [3.63, 3.8) is 0 Å². The molecular weight excluding hydrogens is 336 g/mol. The third kappa shape index (κ3) is 2.80. The standard InChI is InChI=1S/C23H32N2O2/c1-5-18-13-21(24)25-23(27-18)20-12-16(15(2)3)6-7-17(20)14-22(23)10-8-19(26-4)9-11-22/h6-7,12-13,15,19H,5,8-11,14H2,1-4H3,(H2,24,25). The van der Waals surface area contributed by atoms with Gasteiger partial charge in [0.2, 0.25) is 5.72 Å². The minimum absolute atomic E-state index is 0.0424. The van der Waals surface area contributed by atoms with Crippen LogP contribution in [-0.2, 0) is 21.6 Å². The Morgan fingerprint density at radius 3 is 2.67 bits per heavy atom. The van der Waals surface area contributed by atoms with E-state index in [1.54, 1.807) is 0 Å². The number of methoxy groups -OCH3 is 1. The molecule has 0 amide bonds. The first kappa shape index (κ1) is 18.5. The second-order valence-corrected chi connectivity index (χ2v) is 8.71. The second kappa shape index (κ2) is 6.66. The summed E-state index contributed by atoms with van der Waals surface area (Å²) in [6, 6.07) is 6.89. The lowest BCUT2D eigenvalue weighted by atomic mass is 9.66. The average Bonchev–Trinajstić information content (AvgIpc) is 2.90. The zero-order valence-electron chi connectivity index (χ0n) is 17.0. The highest BCUT2D eigenvalue weighted by molar-refractivity contribution is 5.92. The molecule has 1 heterocycles. The Kier molecular flexibility index (Phi) is 4.58. The Bertz CT molecular complexity index is 788. The number of allylic oxidation sites excluding steroid dienone is 1. The number of nitrogens with two attached hydrogens (primary N) is 1. The fourth-order valence-electron chi connectivity index (χ4n) is 5.23. The SMILES string of the molecule is CCC1=CC(N)=NC2(O1)c1cc(C(C)C)ccc1CC21CCC(OC)CC1. The van der Waals surface area contributed by atoms with Crippen molar-refractivity contribution in [1.29, 1.82) is 0 Å². The van der Waals surface area contributed by atoms with Gasteiger partial charge in [0.15, 0.2) is 0 Å². The van der Waals surface area contributed by atoms with Crippen LogP contribution in [0.3, 0.4) is 0 Å². The summed E-state index contributed by atoms with van der Waals surface area (Å²) < 4.78 is 12.4. The van der Waals surface area contributed by atoms with Crippen LogP contribution in [-0.4, -0.2) is 19.0 Å². The molecule has 2 aliphatic carbocycles. The van der Waals surface area contributed by atoms with Crippen molar-refractivity contribution in [3.05, 3.63) is 46.7 Å². The number of benzene rings is 1. The average molecular weight is 369 g/mol. The Labute approximate surface area is 162 Å². The van der Waals surface area contributed by atoms with E-state index in [0.717, 1.165) is 44.3 Å². The van der Waals surface area contributed by atoms with E-state index in [1.807, 2.05) is 13.2 Å². The molecule has 1 saturated carbocycles. The van der Waals surface area contributed by atoms with Crippen molar-refractivity contribution < 1.29 is 9.47 Å². The molecule has 3 aliphatic rings. The molecule has 0 bridgehead atoms. The van der Waals surface area contributed by atoms with Crippen LogP contribution in [0.25, 0.3) is 0 Å². The molecule has 1 aromatic rings. The molecule has 4 heteroatoms. The van der Waals surface area contributed by atoms with Gasteiger partial charge in [-0.25, -0.2) is 4.99 Å². The summed E-state index contributed by atoms with van der Waals surface area (Å²) in [7, 11) is 1.82. The number of ether oxygens (including phenoxy) is 2. The number of hydrogen-bond donors (Lipinski definition) is 1. The first-order chi connectivity index (χ1) is 12.9. The van der Waals surface area contributed by atoms with Crippen LogP contribution in [0.4, 0.5) is 0 Å². The molecule has 4 rings (SSSR count). The summed E-state index contributed by atoms with van der Waals surface area (Å²) >= 11 is 0. The Balaban J connectivity index is 1.86. The van der Waals surface area contributed by atoms with Crippen LogP contribution in [0.2, 0.25) is 0 Å². The van der Waals surface area contributed by atoms with Crippen molar-refractivity contribution in [2.45, 2.75) is 77.0 Å². The number of fused-ring (bicyclic) bond motifs is 3. The summed E-state index contributed by atoms with van der Waals surface area (Å²) in [4.78, 5) is 5.04. The first-order valence-corrected chi connectivity index (χ1v) is 10.3. The highest BCUT2D eigenvalue weighted by Crippen LogP contribution is 2.62. The van der Waals surface area contributed by atoms with Crippen LogP contribution < -0.4 is 5.73 Å². The molecule has 1 aromatic carbocycles. The van der Waals surface area contributed by atoms with Crippen molar-refractivity contribution in [1.82, 2.24) is 0 Å². The van der Waals surface area contributed by atoms with Gasteiger partial charge in [-0.15, -0.1) is 0 Å². The number of nitrogens with zero attached hydrogens (tertiary/aromatic N) is 1. The molecular formula is C23H32N2O2. The minimum atomic E-state index is -0.684. The minimum Gasteiger partial charge on any atom is -0.465 e. The lowest BCUT2D eigenvalue weighted by molar-refractivity contribution is -0.128. The molecule has 2 spiro atoms.